The Kier molecular flexibility index (Phi) is 4.81. The molecule has 19 heavy (non-hydrogen) atoms. The van der Waals surface area contributed by atoms with E-state index in [1.54, 1.807) is 12.1 Å². The van der Waals surface area contributed by atoms with E-state index in [9.17, 15) is 4.39 Å². The molecular formula is C15H14Cl2FN. The predicted octanol–water partition coefficient (Wildman–Crippen LogP) is 4.98. The molecule has 0 amide bonds. The summed E-state index contributed by atoms with van der Waals surface area (Å²) in [6.45, 7) is 2.65. The first kappa shape index (κ1) is 14.3. The molecule has 1 atom stereocenters. The Balaban J connectivity index is 2.03. The Labute approximate surface area is 122 Å². The molecule has 0 saturated carbocycles. The van der Waals surface area contributed by atoms with Crippen molar-refractivity contribution in [3.8, 4) is 0 Å². The molecule has 0 aliphatic carbocycles. The van der Waals surface area contributed by atoms with Crippen molar-refractivity contribution in [2.24, 2.45) is 0 Å². The van der Waals surface area contributed by atoms with Crippen molar-refractivity contribution >= 4 is 23.2 Å². The molecule has 0 aliphatic rings. The molecule has 0 spiro atoms. The van der Waals surface area contributed by atoms with Gasteiger partial charge in [0.1, 0.15) is 5.82 Å². The zero-order chi connectivity index (χ0) is 13.8. The van der Waals surface area contributed by atoms with Gasteiger partial charge in [0.25, 0.3) is 0 Å². The second-order valence-corrected chi connectivity index (χ2v) is 5.18. The van der Waals surface area contributed by atoms with E-state index in [0.717, 1.165) is 16.1 Å². The van der Waals surface area contributed by atoms with Crippen LogP contribution in [-0.2, 0) is 6.54 Å². The number of hydrogen-bond acceptors (Lipinski definition) is 1. The van der Waals surface area contributed by atoms with Gasteiger partial charge in [-0.2, -0.15) is 0 Å². The Morgan fingerprint density at radius 1 is 1.11 bits per heavy atom. The van der Waals surface area contributed by atoms with Crippen LogP contribution in [0.15, 0.2) is 42.5 Å². The second-order valence-electron chi connectivity index (χ2n) is 4.37. The van der Waals surface area contributed by atoms with Crippen molar-refractivity contribution in [3.05, 3.63) is 69.5 Å². The van der Waals surface area contributed by atoms with Crippen LogP contribution in [0.5, 0.6) is 0 Å². The Hall–Kier alpha value is -1.09. The van der Waals surface area contributed by atoms with Crippen molar-refractivity contribution in [2.45, 2.75) is 19.5 Å². The fourth-order valence-corrected chi connectivity index (χ4v) is 2.20. The molecule has 1 N–H and O–H groups in total. The smallest absolute Gasteiger partial charge is 0.141 e. The highest BCUT2D eigenvalue weighted by Gasteiger charge is 2.08. The molecule has 100 valence electrons. The fraction of sp³-hybridized carbons (Fsp3) is 0.200. The summed E-state index contributed by atoms with van der Waals surface area (Å²) < 4.78 is 13.1. The summed E-state index contributed by atoms with van der Waals surface area (Å²) in [5.41, 5.74) is 1.97. The van der Waals surface area contributed by atoms with Gasteiger partial charge in [0.2, 0.25) is 0 Å². The highest BCUT2D eigenvalue weighted by Crippen LogP contribution is 2.22. The monoisotopic (exact) mass is 297 g/mol. The number of benzene rings is 2. The average Bonchev–Trinajstić information content (AvgIpc) is 2.40. The van der Waals surface area contributed by atoms with Gasteiger partial charge in [-0.15, -0.1) is 0 Å². The van der Waals surface area contributed by atoms with E-state index in [2.05, 4.69) is 5.32 Å². The van der Waals surface area contributed by atoms with Crippen molar-refractivity contribution < 1.29 is 4.39 Å². The van der Waals surface area contributed by atoms with Gasteiger partial charge < -0.3 is 5.32 Å². The lowest BCUT2D eigenvalue weighted by molar-refractivity contribution is 0.571. The van der Waals surface area contributed by atoms with Crippen molar-refractivity contribution in [1.82, 2.24) is 5.32 Å². The molecule has 0 aromatic heterocycles. The molecule has 0 radical (unpaired) electrons. The summed E-state index contributed by atoms with van der Waals surface area (Å²) in [5.74, 6) is -0.399. The van der Waals surface area contributed by atoms with Crippen LogP contribution in [0.2, 0.25) is 10.0 Å². The molecule has 0 saturated heterocycles. The lowest BCUT2D eigenvalue weighted by atomic mass is 10.1. The zero-order valence-corrected chi connectivity index (χ0v) is 12.0. The maximum Gasteiger partial charge on any atom is 0.141 e. The highest BCUT2D eigenvalue weighted by molar-refractivity contribution is 6.31. The van der Waals surface area contributed by atoms with E-state index in [0.29, 0.717) is 6.54 Å². The van der Waals surface area contributed by atoms with Crippen LogP contribution in [0.4, 0.5) is 4.39 Å². The Morgan fingerprint density at radius 3 is 2.53 bits per heavy atom. The topological polar surface area (TPSA) is 12.0 Å². The zero-order valence-electron chi connectivity index (χ0n) is 10.5. The minimum atomic E-state index is -0.399. The number of halogens is 3. The van der Waals surface area contributed by atoms with Crippen LogP contribution in [0, 0.1) is 5.82 Å². The predicted molar refractivity (Wildman–Crippen MR) is 78.1 cm³/mol. The minimum absolute atomic E-state index is 0.0642. The highest BCUT2D eigenvalue weighted by atomic mass is 35.5. The van der Waals surface area contributed by atoms with Crippen LogP contribution in [0.1, 0.15) is 24.1 Å². The molecule has 0 aliphatic heterocycles. The molecule has 2 aromatic rings. The summed E-state index contributed by atoms with van der Waals surface area (Å²) in [7, 11) is 0. The van der Waals surface area contributed by atoms with Crippen LogP contribution >= 0.6 is 23.2 Å². The number of hydrogen-bond donors (Lipinski definition) is 1. The lowest BCUT2D eigenvalue weighted by Gasteiger charge is -2.15. The number of rotatable bonds is 4. The van der Waals surface area contributed by atoms with E-state index in [-0.39, 0.29) is 11.1 Å². The van der Waals surface area contributed by atoms with Crippen LogP contribution in [-0.4, -0.2) is 0 Å². The van der Waals surface area contributed by atoms with E-state index in [1.807, 2.05) is 31.2 Å². The van der Waals surface area contributed by atoms with Gasteiger partial charge in [-0.3, -0.25) is 0 Å². The third kappa shape index (κ3) is 3.69. The van der Waals surface area contributed by atoms with Crippen molar-refractivity contribution in [1.29, 1.82) is 0 Å². The molecule has 0 heterocycles. The first-order valence-corrected chi connectivity index (χ1v) is 6.75. The average molecular weight is 298 g/mol. The van der Waals surface area contributed by atoms with Crippen LogP contribution in [0.3, 0.4) is 0 Å². The second kappa shape index (κ2) is 6.38. The van der Waals surface area contributed by atoms with Crippen molar-refractivity contribution in [2.75, 3.05) is 0 Å². The molecule has 0 bridgehead atoms. The molecular weight excluding hydrogens is 284 g/mol. The van der Waals surface area contributed by atoms with E-state index in [4.69, 9.17) is 23.2 Å². The molecule has 4 heteroatoms. The third-order valence-corrected chi connectivity index (χ3v) is 3.66. The SMILES string of the molecule is CC(NCc1ccccc1Cl)c1ccc(F)c(Cl)c1. The Morgan fingerprint density at radius 2 is 1.84 bits per heavy atom. The standard InChI is InChI=1S/C15H14Cl2FN/c1-10(11-6-7-15(18)14(17)8-11)19-9-12-4-2-3-5-13(12)16/h2-8,10,19H,9H2,1H3. The minimum Gasteiger partial charge on any atom is -0.306 e. The van der Waals surface area contributed by atoms with E-state index < -0.39 is 5.82 Å². The van der Waals surface area contributed by atoms with Gasteiger partial charge in [0, 0.05) is 17.6 Å². The summed E-state index contributed by atoms with van der Waals surface area (Å²) in [6.07, 6.45) is 0. The molecule has 2 rings (SSSR count). The van der Waals surface area contributed by atoms with Gasteiger partial charge in [-0.05, 0) is 36.2 Å². The molecule has 1 unspecified atom stereocenters. The quantitative estimate of drug-likeness (QED) is 0.839. The van der Waals surface area contributed by atoms with Crippen LogP contribution < -0.4 is 5.32 Å². The van der Waals surface area contributed by atoms with Gasteiger partial charge >= 0.3 is 0 Å². The molecule has 0 fully saturated rings. The maximum atomic E-state index is 13.1. The Bertz CT molecular complexity index is 572. The normalized spacial score (nSPS) is 12.4. The van der Waals surface area contributed by atoms with E-state index >= 15 is 0 Å². The molecule has 1 nitrogen and oxygen atoms in total. The van der Waals surface area contributed by atoms with Gasteiger partial charge in [-0.1, -0.05) is 47.5 Å². The third-order valence-electron chi connectivity index (χ3n) is 3.00. The van der Waals surface area contributed by atoms with Gasteiger partial charge in [-0.25, -0.2) is 4.39 Å². The van der Waals surface area contributed by atoms with E-state index in [1.165, 1.54) is 6.07 Å². The summed E-state index contributed by atoms with van der Waals surface area (Å²) in [6, 6.07) is 12.5. The first-order chi connectivity index (χ1) is 9.08. The van der Waals surface area contributed by atoms with Gasteiger partial charge in [0.15, 0.2) is 0 Å². The summed E-state index contributed by atoms with van der Waals surface area (Å²) in [4.78, 5) is 0. The lowest BCUT2D eigenvalue weighted by Crippen LogP contribution is -2.18. The summed E-state index contributed by atoms with van der Waals surface area (Å²) >= 11 is 11.9. The fourth-order valence-electron chi connectivity index (χ4n) is 1.80. The number of nitrogens with one attached hydrogen (secondary N) is 1. The summed E-state index contributed by atoms with van der Waals surface area (Å²) in [5, 5.41) is 4.22. The van der Waals surface area contributed by atoms with Crippen LogP contribution in [0.25, 0.3) is 0 Å². The van der Waals surface area contributed by atoms with Gasteiger partial charge in [0.05, 0.1) is 5.02 Å². The molecule has 2 aromatic carbocycles. The largest absolute Gasteiger partial charge is 0.306 e. The first-order valence-electron chi connectivity index (χ1n) is 5.99. The maximum absolute atomic E-state index is 13.1. The van der Waals surface area contributed by atoms with Crippen molar-refractivity contribution in [3.63, 3.8) is 0 Å².